The van der Waals surface area contributed by atoms with E-state index in [2.05, 4.69) is 10.00 Å². The number of pyridine rings is 1. The van der Waals surface area contributed by atoms with Crippen LogP contribution in [0.3, 0.4) is 0 Å². The molecule has 2 aromatic heterocycles. The zero-order valence-corrected chi connectivity index (χ0v) is 17.0. The summed E-state index contributed by atoms with van der Waals surface area (Å²) < 4.78 is 35.5. The van der Waals surface area contributed by atoms with E-state index in [1.54, 1.807) is 6.07 Å². The molecule has 1 aromatic carbocycles. The van der Waals surface area contributed by atoms with E-state index in [0.717, 1.165) is 0 Å². The largest absolute Gasteiger partial charge is 0.492 e. The Morgan fingerprint density at radius 1 is 1.03 bits per heavy atom. The lowest BCUT2D eigenvalue weighted by atomic mass is 10.3. The lowest BCUT2D eigenvalue weighted by Crippen LogP contribution is -2.47. The van der Waals surface area contributed by atoms with E-state index in [9.17, 15) is 13.2 Å². The Morgan fingerprint density at radius 3 is 2.48 bits per heavy atom. The molecule has 9 nitrogen and oxygen atoms in total. The molecular formula is C19H23N5O4S. The van der Waals surface area contributed by atoms with Crippen LogP contribution in [0.25, 0.3) is 5.65 Å². The maximum atomic E-state index is 12.9. The van der Waals surface area contributed by atoms with Gasteiger partial charge in [-0.25, -0.2) is 22.3 Å². The zero-order valence-electron chi connectivity index (χ0n) is 16.1. The van der Waals surface area contributed by atoms with Crippen molar-refractivity contribution in [1.29, 1.82) is 0 Å². The van der Waals surface area contributed by atoms with Gasteiger partial charge in [0.05, 0.1) is 11.4 Å². The van der Waals surface area contributed by atoms with Crippen LogP contribution in [0, 0.1) is 0 Å². The van der Waals surface area contributed by atoms with Crippen LogP contribution in [0.5, 0.6) is 5.75 Å². The topological polar surface area (TPSA) is 89.2 Å². The van der Waals surface area contributed by atoms with Crippen molar-refractivity contribution in [2.24, 2.45) is 0 Å². The molecule has 0 atom stereocenters. The molecule has 1 saturated heterocycles. The van der Waals surface area contributed by atoms with Crippen molar-refractivity contribution in [3.63, 3.8) is 0 Å². The highest BCUT2D eigenvalue weighted by Gasteiger charge is 2.28. The average Bonchev–Trinajstić information content (AvgIpc) is 3.04. The number of hydrogen-bond acceptors (Lipinski definition) is 6. The number of hydrogen-bond donors (Lipinski definition) is 0. The number of fused-ring (bicyclic) bond motifs is 1. The van der Waals surface area contributed by atoms with E-state index < -0.39 is 15.7 Å². The Labute approximate surface area is 168 Å². The summed E-state index contributed by atoms with van der Waals surface area (Å²) in [7, 11) is -1.69. The monoisotopic (exact) mass is 417 g/mol. The number of piperazine rings is 1. The van der Waals surface area contributed by atoms with Crippen molar-refractivity contribution >= 4 is 15.7 Å². The first-order valence-electron chi connectivity index (χ1n) is 9.41. The minimum atomic E-state index is -3.65. The second-order valence-electron chi connectivity index (χ2n) is 6.97. The Morgan fingerprint density at radius 2 is 1.76 bits per heavy atom. The van der Waals surface area contributed by atoms with Gasteiger partial charge in [0.25, 0.3) is 0 Å². The SMILES string of the molecule is CN1CCN(S(=O)(=O)c2ccc3nn(CCOc4ccccc4)c(=O)n3c2)CC1. The number of ether oxygens (including phenoxy) is 1. The fourth-order valence-electron chi connectivity index (χ4n) is 3.24. The number of rotatable bonds is 6. The number of likely N-dealkylation sites (N-methyl/N-ethyl adjacent to an activating group) is 1. The van der Waals surface area contributed by atoms with Gasteiger partial charge in [-0.3, -0.25) is 0 Å². The molecule has 1 aliphatic heterocycles. The number of para-hydroxylation sites is 1. The summed E-state index contributed by atoms with van der Waals surface area (Å²) in [6, 6.07) is 12.4. The molecule has 0 spiro atoms. The Hall–Kier alpha value is -2.69. The van der Waals surface area contributed by atoms with Crippen LogP contribution in [-0.2, 0) is 16.6 Å². The van der Waals surface area contributed by atoms with Gasteiger partial charge in [0, 0.05) is 32.4 Å². The number of nitrogens with zero attached hydrogens (tertiary/aromatic N) is 5. The fraction of sp³-hybridized carbons (Fsp3) is 0.368. The summed E-state index contributed by atoms with van der Waals surface area (Å²) in [4.78, 5) is 14.8. The summed E-state index contributed by atoms with van der Waals surface area (Å²) in [5, 5.41) is 4.26. The molecular weight excluding hydrogens is 394 g/mol. The van der Waals surface area contributed by atoms with Crippen molar-refractivity contribution < 1.29 is 13.2 Å². The Kier molecular flexibility index (Phi) is 5.39. The number of aromatic nitrogens is 3. The third-order valence-electron chi connectivity index (χ3n) is 4.96. The third kappa shape index (κ3) is 4.04. The molecule has 3 aromatic rings. The Balaban J connectivity index is 1.53. The Bertz CT molecular complexity index is 1150. The normalized spacial score (nSPS) is 16.3. The van der Waals surface area contributed by atoms with Gasteiger partial charge in [-0.1, -0.05) is 18.2 Å². The standard InChI is InChI=1S/C19H23N5O4S/c1-21-9-11-22(12-10-21)29(26,27)17-7-8-18-20-24(19(25)23(18)15-17)13-14-28-16-5-3-2-4-6-16/h2-8,15H,9-14H2,1H3. The minimum Gasteiger partial charge on any atom is -0.492 e. The predicted molar refractivity (Wildman–Crippen MR) is 108 cm³/mol. The molecule has 0 radical (unpaired) electrons. The quantitative estimate of drug-likeness (QED) is 0.581. The molecule has 154 valence electrons. The minimum absolute atomic E-state index is 0.0942. The van der Waals surface area contributed by atoms with Gasteiger partial charge in [0.15, 0.2) is 5.65 Å². The predicted octanol–water partition coefficient (Wildman–Crippen LogP) is 0.511. The molecule has 0 aliphatic carbocycles. The molecule has 3 heterocycles. The van der Waals surface area contributed by atoms with Crippen LogP contribution < -0.4 is 10.4 Å². The first kappa shape index (κ1) is 19.6. The van der Waals surface area contributed by atoms with Crippen molar-refractivity contribution in [1.82, 2.24) is 23.4 Å². The number of sulfonamides is 1. The molecule has 0 unspecified atom stereocenters. The highest BCUT2D eigenvalue weighted by atomic mass is 32.2. The highest BCUT2D eigenvalue weighted by molar-refractivity contribution is 7.89. The van der Waals surface area contributed by atoms with E-state index in [-0.39, 0.29) is 18.0 Å². The van der Waals surface area contributed by atoms with Crippen LogP contribution in [0.15, 0.2) is 58.4 Å². The van der Waals surface area contributed by atoms with Crippen LogP contribution >= 0.6 is 0 Å². The van der Waals surface area contributed by atoms with Crippen LogP contribution in [0.1, 0.15) is 0 Å². The lowest BCUT2D eigenvalue weighted by Gasteiger charge is -2.31. The first-order valence-corrected chi connectivity index (χ1v) is 10.8. The fourth-order valence-corrected chi connectivity index (χ4v) is 4.66. The third-order valence-corrected chi connectivity index (χ3v) is 6.85. The van der Waals surface area contributed by atoms with Gasteiger partial charge >= 0.3 is 5.69 Å². The van der Waals surface area contributed by atoms with E-state index in [1.165, 1.54) is 25.7 Å². The van der Waals surface area contributed by atoms with Gasteiger partial charge in [0.1, 0.15) is 12.4 Å². The summed E-state index contributed by atoms with van der Waals surface area (Å²) in [5.41, 5.74) is -0.000808. The molecule has 0 bridgehead atoms. The molecule has 29 heavy (non-hydrogen) atoms. The molecule has 0 amide bonds. The number of benzene rings is 1. The summed E-state index contributed by atoms with van der Waals surface area (Å²) in [6.07, 6.45) is 1.35. The maximum absolute atomic E-state index is 12.9. The van der Waals surface area contributed by atoms with Crippen LogP contribution in [0.4, 0.5) is 0 Å². The lowest BCUT2D eigenvalue weighted by molar-refractivity contribution is 0.222. The average molecular weight is 417 g/mol. The van der Waals surface area contributed by atoms with Gasteiger partial charge in [-0.2, -0.15) is 4.31 Å². The van der Waals surface area contributed by atoms with Gasteiger partial charge in [0.2, 0.25) is 10.0 Å². The van der Waals surface area contributed by atoms with E-state index in [1.807, 2.05) is 37.4 Å². The van der Waals surface area contributed by atoms with E-state index in [4.69, 9.17) is 4.74 Å². The van der Waals surface area contributed by atoms with E-state index >= 15 is 0 Å². The maximum Gasteiger partial charge on any atom is 0.350 e. The first-order chi connectivity index (χ1) is 13.9. The van der Waals surface area contributed by atoms with Gasteiger partial charge in [-0.15, -0.1) is 5.10 Å². The van der Waals surface area contributed by atoms with Gasteiger partial charge < -0.3 is 9.64 Å². The highest BCUT2D eigenvalue weighted by Crippen LogP contribution is 2.17. The summed E-state index contributed by atoms with van der Waals surface area (Å²) in [5.74, 6) is 0.713. The van der Waals surface area contributed by atoms with Crippen molar-refractivity contribution in [3.05, 3.63) is 59.1 Å². The molecule has 0 saturated carbocycles. The second-order valence-corrected chi connectivity index (χ2v) is 8.91. The molecule has 1 aliphatic rings. The van der Waals surface area contributed by atoms with Crippen molar-refractivity contribution in [2.45, 2.75) is 11.4 Å². The molecule has 0 N–H and O–H groups in total. The van der Waals surface area contributed by atoms with Crippen molar-refractivity contribution in [3.8, 4) is 5.75 Å². The van der Waals surface area contributed by atoms with Crippen LogP contribution in [-0.4, -0.2) is 71.6 Å². The van der Waals surface area contributed by atoms with Gasteiger partial charge in [-0.05, 0) is 31.3 Å². The second kappa shape index (κ2) is 7.97. The van der Waals surface area contributed by atoms with Crippen LogP contribution in [0.2, 0.25) is 0 Å². The zero-order chi connectivity index (χ0) is 20.4. The summed E-state index contributed by atoms with van der Waals surface area (Å²) >= 11 is 0. The molecule has 1 fully saturated rings. The molecule has 10 heteroatoms. The van der Waals surface area contributed by atoms with Crippen molar-refractivity contribution in [2.75, 3.05) is 39.8 Å². The summed E-state index contributed by atoms with van der Waals surface area (Å²) in [6.45, 7) is 2.77. The van der Waals surface area contributed by atoms with E-state index in [0.29, 0.717) is 37.6 Å². The molecule has 4 rings (SSSR count). The smallest absolute Gasteiger partial charge is 0.350 e.